The SMILES string of the molecule is C/C=C\C(=C(C)C)c1n(-c2ccccc2)cc[n+]1C. The van der Waals surface area contributed by atoms with Gasteiger partial charge >= 0.3 is 0 Å². The van der Waals surface area contributed by atoms with Gasteiger partial charge in [-0.2, -0.15) is 4.57 Å². The van der Waals surface area contributed by atoms with E-state index >= 15 is 0 Å². The molecule has 1 aromatic heterocycles. The molecule has 98 valence electrons. The lowest BCUT2D eigenvalue weighted by atomic mass is 10.1. The Balaban J connectivity index is 2.65. The van der Waals surface area contributed by atoms with Crippen molar-refractivity contribution in [1.29, 1.82) is 0 Å². The Morgan fingerprint density at radius 2 is 1.84 bits per heavy atom. The fourth-order valence-electron chi connectivity index (χ4n) is 2.23. The molecule has 2 heteroatoms. The highest BCUT2D eigenvalue weighted by Crippen LogP contribution is 2.20. The third-order valence-corrected chi connectivity index (χ3v) is 3.15. The Bertz CT molecular complexity index is 612. The van der Waals surface area contributed by atoms with Gasteiger partial charge in [0.2, 0.25) is 0 Å². The molecule has 19 heavy (non-hydrogen) atoms. The number of benzene rings is 1. The molecule has 0 amide bonds. The smallest absolute Gasteiger partial charge is 0.232 e. The largest absolute Gasteiger partial charge is 0.293 e. The molecule has 0 unspecified atom stereocenters. The Morgan fingerprint density at radius 1 is 1.16 bits per heavy atom. The summed E-state index contributed by atoms with van der Waals surface area (Å²) >= 11 is 0. The molecule has 0 fully saturated rings. The van der Waals surface area contributed by atoms with Crippen molar-refractivity contribution in [3.05, 3.63) is 66.3 Å². The van der Waals surface area contributed by atoms with E-state index in [0.717, 1.165) is 0 Å². The topological polar surface area (TPSA) is 8.81 Å². The predicted molar refractivity (Wildman–Crippen MR) is 80.0 cm³/mol. The van der Waals surface area contributed by atoms with Crippen LogP contribution in [0.25, 0.3) is 11.3 Å². The van der Waals surface area contributed by atoms with Gasteiger partial charge in [-0.05, 0) is 32.9 Å². The summed E-state index contributed by atoms with van der Waals surface area (Å²) in [6.45, 7) is 6.36. The van der Waals surface area contributed by atoms with Gasteiger partial charge in [-0.15, -0.1) is 0 Å². The number of hydrogen-bond acceptors (Lipinski definition) is 0. The van der Waals surface area contributed by atoms with Gasteiger partial charge in [0.25, 0.3) is 5.82 Å². The maximum absolute atomic E-state index is 2.22. The molecular formula is C17H21N2+. The van der Waals surface area contributed by atoms with Crippen molar-refractivity contribution in [2.75, 3.05) is 0 Å². The maximum Gasteiger partial charge on any atom is 0.293 e. The van der Waals surface area contributed by atoms with E-state index in [0.29, 0.717) is 0 Å². The maximum atomic E-state index is 2.22. The highest BCUT2D eigenvalue weighted by atomic mass is 15.1. The molecule has 2 rings (SSSR count). The molecule has 1 heterocycles. The lowest BCUT2D eigenvalue weighted by molar-refractivity contribution is -0.672. The van der Waals surface area contributed by atoms with Gasteiger partial charge in [0.15, 0.2) is 0 Å². The van der Waals surface area contributed by atoms with Crippen LogP contribution in [-0.2, 0) is 7.05 Å². The molecule has 0 aliphatic rings. The highest BCUT2D eigenvalue weighted by Gasteiger charge is 2.20. The van der Waals surface area contributed by atoms with Gasteiger partial charge in [-0.25, -0.2) is 4.57 Å². The van der Waals surface area contributed by atoms with Crippen LogP contribution in [0, 0.1) is 0 Å². The van der Waals surface area contributed by atoms with Crippen molar-refractivity contribution in [1.82, 2.24) is 4.57 Å². The molecule has 0 aliphatic carbocycles. The zero-order valence-electron chi connectivity index (χ0n) is 12.1. The lowest BCUT2D eigenvalue weighted by Crippen LogP contribution is -2.31. The van der Waals surface area contributed by atoms with Crippen LogP contribution < -0.4 is 4.57 Å². The fraction of sp³-hybridized carbons (Fsp3) is 0.235. The quantitative estimate of drug-likeness (QED) is 0.583. The number of para-hydroxylation sites is 1. The van der Waals surface area contributed by atoms with Crippen molar-refractivity contribution < 1.29 is 4.57 Å². The lowest BCUT2D eigenvalue weighted by Gasteiger charge is -2.05. The first-order valence-corrected chi connectivity index (χ1v) is 6.58. The molecule has 0 atom stereocenters. The molecule has 0 saturated carbocycles. The number of imidazole rings is 1. The Kier molecular flexibility index (Phi) is 4.00. The summed E-state index contributed by atoms with van der Waals surface area (Å²) in [6, 6.07) is 10.4. The third-order valence-electron chi connectivity index (χ3n) is 3.15. The van der Waals surface area contributed by atoms with E-state index in [9.17, 15) is 0 Å². The minimum absolute atomic E-state index is 1.18. The predicted octanol–water partition coefficient (Wildman–Crippen LogP) is 3.67. The van der Waals surface area contributed by atoms with Crippen LogP contribution in [0.2, 0.25) is 0 Å². The molecule has 0 radical (unpaired) electrons. The summed E-state index contributed by atoms with van der Waals surface area (Å²) < 4.78 is 4.39. The van der Waals surface area contributed by atoms with Crippen LogP contribution in [0.1, 0.15) is 26.6 Å². The van der Waals surface area contributed by atoms with Crippen LogP contribution in [-0.4, -0.2) is 4.57 Å². The van der Waals surface area contributed by atoms with E-state index in [1.807, 2.05) is 6.07 Å². The number of hydrogen-bond donors (Lipinski definition) is 0. The number of nitrogens with zero attached hydrogens (tertiary/aromatic N) is 2. The van der Waals surface area contributed by atoms with Crippen LogP contribution in [0.3, 0.4) is 0 Å². The first kappa shape index (κ1) is 13.3. The fourth-order valence-corrected chi connectivity index (χ4v) is 2.23. The van der Waals surface area contributed by atoms with Crippen molar-refractivity contribution in [3.8, 4) is 5.69 Å². The molecule has 2 nitrogen and oxygen atoms in total. The number of rotatable bonds is 3. The summed E-state index contributed by atoms with van der Waals surface area (Å²) in [5, 5.41) is 0. The Hall–Kier alpha value is -2.09. The zero-order valence-corrected chi connectivity index (χ0v) is 12.1. The van der Waals surface area contributed by atoms with Gasteiger partial charge in [0, 0.05) is 0 Å². The highest BCUT2D eigenvalue weighted by molar-refractivity contribution is 5.71. The molecule has 2 aromatic rings. The second kappa shape index (κ2) is 5.70. The summed E-state index contributed by atoms with van der Waals surface area (Å²) in [5.74, 6) is 1.20. The second-order valence-corrected chi connectivity index (χ2v) is 4.85. The number of aryl methyl sites for hydroxylation is 1. The molecule has 0 bridgehead atoms. The van der Waals surface area contributed by atoms with E-state index < -0.39 is 0 Å². The van der Waals surface area contributed by atoms with Crippen molar-refractivity contribution in [3.63, 3.8) is 0 Å². The molecule has 0 spiro atoms. The first-order chi connectivity index (χ1) is 9.15. The minimum atomic E-state index is 1.18. The van der Waals surface area contributed by atoms with Crippen LogP contribution in [0.4, 0.5) is 0 Å². The summed E-state index contributed by atoms with van der Waals surface area (Å²) in [7, 11) is 2.08. The van der Waals surface area contributed by atoms with Crippen LogP contribution >= 0.6 is 0 Å². The van der Waals surface area contributed by atoms with Crippen molar-refractivity contribution in [2.45, 2.75) is 20.8 Å². The van der Waals surface area contributed by atoms with Gasteiger partial charge in [0.1, 0.15) is 18.1 Å². The number of allylic oxidation sites excluding steroid dienone is 4. The zero-order chi connectivity index (χ0) is 13.8. The molecule has 1 aromatic carbocycles. The molecular weight excluding hydrogens is 232 g/mol. The summed E-state index contributed by atoms with van der Waals surface area (Å²) in [5.41, 5.74) is 3.75. The van der Waals surface area contributed by atoms with E-state index in [2.05, 4.69) is 85.8 Å². The summed E-state index contributed by atoms with van der Waals surface area (Å²) in [6.07, 6.45) is 8.46. The van der Waals surface area contributed by atoms with Crippen LogP contribution in [0.15, 0.2) is 60.5 Å². The van der Waals surface area contributed by atoms with Crippen molar-refractivity contribution in [2.24, 2.45) is 7.05 Å². The second-order valence-electron chi connectivity index (χ2n) is 4.85. The third kappa shape index (κ3) is 2.68. The monoisotopic (exact) mass is 253 g/mol. The Morgan fingerprint density at radius 3 is 2.42 bits per heavy atom. The van der Waals surface area contributed by atoms with Gasteiger partial charge in [0.05, 0.1) is 12.6 Å². The van der Waals surface area contributed by atoms with Gasteiger partial charge < -0.3 is 0 Å². The first-order valence-electron chi connectivity index (χ1n) is 6.58. The van der Waals surface area contributed by atoms with E-state index in [4.69, 9.17) is 0 Å². The molecule has 0 aliphatic heterocycles. The summed E-state index contributed by atoms with van der Waals surface area (Å²) in [4.78, 5) is 0. The van der Waals surface area contributed by atoms with E-state index in [1.165, 1.54) is 22.7 Å². The minimum Gasteiger partial charge on any atom is -0.232 e. The van der Waals surface area contributed by atoms with Crippen molar-refractivity contribution >= 4 is 5.57 Å². The van der Waals surface area contributed by atoms with Gasteiger partial charge in [-0.3, -0.25) is 0 Å². The Labute approximate surface area is 115 Å². The standard InChI is InChI=1S/C17H21N2/c1-5-9-16(14(2)3)17-18(4)12-13-19(17)15-10-7-6-8-11-15/h5-13H,1-4H3/q+1/b9-5-. The van der Waals surface area contributed by atoms with Crippen LogP contribution in [0.5, 0.6) is 0 Å². The average Bonchev–Trinajstić information content (AvgIpc) is 2.78. The normalized spacial score (nSPS) is 10.9. The average molecular weight is 253 g/mol. The van der Waals surface area contributed by atoms with E-state index in [1.54, 1.807) is 0 Å². The van der Waals surface area contributed by atoms with E-state index in [-0.39, 0.29) is 0 Å². The number of aromatic nitrogens is 2. The molecule has 0 N–H and O–H groups in total. The molecule has 0 saturated heterocycles. The van der Waals surface area contributed by atoms with Gasteiger partial charge in [-0.1, -0.05) is 35.9 Å².